The van der Waals surface area contributed by atoms with Gasteiger partial charge in [0.05, 0.1) is 18.3 Å². The third kappa shape index (κ3) is 3.52. The zero-order valence-corrected chi connectivity index (χ0v) is 16.8. The maximum atomic E-state index is 7.32. The molecular formula is C26H19N3O2. The van der Waals surface area contributed by atoms with Crippen molar-refractivity contribution in [1.82, 2.24) is 0 Å². The molecule has 2 aliphatic rings. The first-order valence-electron chi connectivity index (χ1n) is 10.2. The minimum atomic E-state index is -0.102. The van der Waals surface area contributed by atoms with Crippen LogP contribution in [0.1, 0.15) is 29.9 Å². The molecule has 3 aromatic rings. The second kappa shape index (κ2) is 7.97. The lowest BCUT2D eigenvalue weighted by atomic mass is 9.83. The van der Waals surface area contributed by atoms with Gasteiger partial charge in [-0.1, -0.05) is 42.5 Å². The first-order chi connectivity index (χ1) is 15.3. The van der Waals surface area contributed by atoms with E-state index in [0.717, 1.165) is 45.9 Å². The van der Waals surface area contributed by atoms with E-state index in [9.17, 15) is 0 Å². The van der Waals surface area contributed by atoms with Crippen molar-refractivity contribution in [3.63, 3.8) is 0 Å². The van der Waals surface area contributed by atoms with Gasteiger partial charge in [0.1, 0.15) is 23.3 Å². The van der Waals surface area contributed by atoms with Crippen LogP contribution in [0, 0.1) is 13.1 Å². The van der Waals surface area contributed by atoms with Crippen molar-refractivity contribution in [3.05, 3.63) is 101 Å². The van der Waals surface area contributed by atoms with Crippen molar-refractivity contribution in [3.8, 4) is 22.6 Å². The van der Waals surface area contributed by atoms with Crippen molar-refractivity contribution < 1.29 is 9.47 Å². The maximum absolute atomic E-state index is 7.32. The Morgan fingerprint density at radius 2 is 1.77 bits per heavy atom. The first-order valence-corrected chi connectivity index (χ1v) is 10.2. The molecule has 3 aromatic carbocycles. The number of ether oxygens (including phenoxy) is 2. The molecule has 5 heteroatoms. The topological polar surface area (TPSA) is 39.5 Å². The number of hydrogen-bond donors (Lipinski definition) is 0. The number of rotatable bonds is 2. The maximum Gasteiger partial charge on any atom is 0.187 e. The number of hydrogen-bond acceptors (Lipinski definition) is 3. The molecular weight excluding hydrogens is 386 g/mol. The summed E-state index contributed by atoms with van der Waals surface area (Å²) >= 11 is 0. The van der Waals surface area contributed by atoms with Crippen molar-refractivity contribution >= 4 is 11.4 Å². The summed E-state index contributed by atoms with van der Waals surface area (Å²) in [7, 11) is 0. The molecule has 2 atom stereocenters. The molecule has 5 nitrogen and oxygen atoms in total. The summed E-state index contributed by atoms with van der Waals surface area (Å²) in [5.74, 6) is 1.84. The quantitative estimate of drug-likeness (QED) is 0.374. The Labute approximate surface area is 181 Å². The highest BCUT2D eigenvalue weighted by atomic mass is 16.5. The molecule has 0 bridgehead atoms. The highest BCUT2D eigenvalue weighted by Crippen LogP contribution is 2.42. The van der Waals surface area contributed by atoms with Crippen LogP contribution in [0.5, 0.6) is 11.5 Å². The van der Waals surface area contributed by atoms with Gasteiger partial charge >= 0.3 is 0 Å². The molecule has 2 heterocycles. The molecule has 0 aromatic heterocycles. The molecule has 0 saturated carbocycles. The number of nitrogens with zero attached hydrogens (tertiary/aromatic N) is 3. The third-order valence-electron chi connectivity index (χ3n) is 5.90. The van der Waals surface area contributed by atoms with E-state index >= 15 is 0 Å². The summed E-state index contributed by atoms with van der Waals surface area (Å²) in [6.07, 6.45) is 1.33. The smallest absolute Gasteiger partial charge is 0.187 e. The molecule has 0 spiro atoms. The predicted octanol–water partition coefficient (Wildman–Crippen LogP) is 6.25. The Morgan fingerprint density at radius 1 is 0.903 bits per heavy atom. The Morgan fingerprint density at radius 3 is 2.65 bits per heavy atom. The zero-order chi connectivity index (χ0) is 21.2. The van der Waals surface area contributed by atoms with Gasteiger partial charge in [-0.25, -0.2) is 4.85 Å². The molecule has 2 unspecified atom stereocenters. The summed E-state index contributed by atoms with van der Waals surface area (Å²) in [5.41, 5.74) is 5.27. The van der Waals surface area contributed by atoms with E-state index in [-0.39, 0.29) is 12.0 Å². The van der Waals surface area contributed by atoms with Gasteiger partial charge in [0.25, 0.3) is 0 Å². The van der Waals surface area contributed by atoms with Gasteiger partial charge in [-0.15, -0.1) is 4.95 Å². The number of fused-ring (bicyclic) bond motifs is 2. The highest BCUT2D eigenvalue weighted by Gasteiger charge is 2.36. The fraction of sp³-hybridized carbons (Fsp3) is 0.192. The van der Waals surface area contributed by atoms with Crippen molar-refractivity contribution in [2.45, 2.75) is 24.9 Å². The van der Waals surface area contributed by atoms with Gasteiger partial charge in [0.2, 0.25) is 0 Å². The molecule has 0 radical (unpaired) electrons. The summed E-state index contributed by atoms with van der Waals surface area (Å²) < 4.78 is 12.3. The highest BCUT2D eigenvalue weighted by molar-refractivity contribution is 6.05. The van der Waals surface area contributed by atoms with Crippen LogP contribution in [0.3, 0.4) is 0 Å². The zero-order valence-electron chi connectivity index (χ0n) is 16.8. The lowest BCUT2D eigenvalue weighted by molar-refractivity contribution is 0.138. The van der Waals surface area contributed by atoms with Crippen LogP contribution in [0.15, 0.2) is 71.8 Å². The van der Waals surface area contributed by atoms with Gasteiger partial charge < -0.3 is 9.47 Å². The monoisotopic (exact) mass is 405 g/mol. The van der Waals surface area contributed by atoms with Gasteiger partial charge in [0.15, 0.2) is 5.69 Å². The minimum absolute atomic E-state index is 0.102. The van der Waals surface area contributed by atoms with E-state index in [2.05, 4.69) is 21.0 Å². The van der Waals surface area contributed by atoms with E-state index in [4.69, 9.17) is 22.6 Å². The molecule has 0 amide bonds. The van der Waals surface area contributed by atoms with Crippen molar-refractivity contribution in [1.29, 1.82) is 0 Å². The Balaban J connectivity index is 1.52. The first kappa shape index (κ1) is 18.9. The van der Waals surface area contributed by atoms with Crippen LogP contribution < -0.4 is 9.47 Å². The second-order valence-corrected chi connectivity index (χ2v) is 7.66. The normalized spacial score (nSPS) is 20.4. The van der Waals surface area contributed by atoms with E-state index in [1.165, 1.54) is 0 Å². The van der Waals surface area contributed by atoms with E-state index in [0.29, 0.717) is 18.7 Å². The second-order valence-electron chi connectivity index (χ2n) is 7.66. The minimum Gasteiger partial charge on any atom is -0.493 e. The molecule has 31 heavy (non-hydrogen) atoms. The summed E-state index contributed by atoms with van der Waals surface area (Å²) in [4.78, 5) is 6.85. The summed E-state index contributed by atoms with van der Waals surface area (Å²) in [5, 5.41) is 4.14. The number of benzene rings is 3. The van der Waals surface area contributed by atoms with Gasteiger partial charge in [0, 0.05) is 23.5 Å². The third-order valence-corrected chi connectivity index (χ3v) is 5.90. The van der Waals surface area contributed by atoms with E-state index in [1.54, 1.807) is 6.07 Å². The van der Waals surface area contributed by atoms with E-state index < -0.39 is 0 Å². The summed E-state index contributed by atoms with van der Waals surface area (Å²) in [6.45, 7) is 15.2. The molecule has 2 aliphatic heterocycles. The van der Waals surface area contributed by atoms with Gasteiger partial charge in [-0.3, -0.25) is 0 Å². The molecule has 5 rings (SSSR count). The van der Waals surface area contributed by atoms with Crippen molar-refractivity contribution in [2.24, 2.45) is 5.10 Å². The molecule has 0 saturated heterocycles. The lowest BCUT2D eigenvalue weighted by Gasteiger charge is -2.35. The van der Waals surface area contributed by atoms with Crippen LogP contribution in [0.2, 0.25) is 0 Å². The standard InChI is InChI=1S/C26H19N3O2/c1-27-19-7-5-6-17(14-19)18-10-11-25-22(15-18)23(29-28-2)16-26(31-25)21-12-13-30-24-9-4-3-8-20(21)24/h3-11,14-15,21,26H,12-13,16H2/b29-23+. The van der Waals surface area contributed by atoms with Crippen LogP contribution in [0.25, 0.3) is 20.9 Å². The lowest BCUT2D eigenvalue weighted by Crippen LogP contribution is -2.35. The average molecular weight is 405 g/mol. The fourth-order valence-electron chi connectivity index (χ4n) is 4.43. The molecule has 150 valence electrons. The Hall–Kier alpha value is -4.09. The Bertz CT molecular complexity index is 1270. The van der Waals surface area contributed by atoms with Crippen LogP contribution >= 0.6 is 0 Å². The summed E-state index contributed by atoms with van der Waals surface area (Å²) in [6, 6.07) is 21.6. The SMILES string of the molecule is [C-]#[N+]/N=C1\CC(C2CCOc3ccccc32)Oc2ccc(-c3cccc([N+]#[C-])c3)cc21. The number of para-hydroxylation sites is 1. The van der Waals surface area contributed by atoms with Crippen LogP contribution in [0.4, 0.5) is 5.69 Å². The van der Waals surface area contributed by atoms with Crippen LogP contribution in [-0.4, -0.2) is 18.4 Å². The average Bonchev–Trinajstić information content (AvgIpc) is 2.83. The van der Waals surface area contributed by atoms with Crippen molar-refractivity contribution in [2.75, 3.05) is 6.61 Å². The Kier molecular flexibility index (Phi) is 4.86. The molecule has 0 aliphatic carbocycles. The molecule has 0 N–H and O–H groups in total. The largest absolute Gasteiger partial charge is 0.493 e. The van der Waals surface area contributed by atoms with Crippen LogP contribution in [-0.2, 0) is 0 Å². The fourth-order valence-corrected chi connectivity index (χ4v) is 4.43. The van der Waals surface area contributed by atoms with Gasteiger partial charge in [-0.05, 0) is 41.8 Å². The van der Waals surface area contributed by atoms with Gasteiger partial charge in [-0.2, -0.15) is 6.57 Å². The molecule has 0 fully saturated rings. The predicted molar refractivity (Wildman–Crippen MR) is 120 cm³/mol. The van der Waals surface area contributed by atoms with E-state index in [1.807, 2.05) is 54.6 Å².